The Kier molecular flexibility index (Phi) is 8.88. The van der Waals surface area contributed by atoms with Crippen molar-refractivity contribution >= 4 is 29.0 Å². The molecular formula is C23H30N4O3S. The van der Waals surface area contributed by atoms with Crippen molar-refractivity contribution in [3.05, 3.63) is 52.2 Å². The van der Waals surface area contributed by atoms with E-state index in [0.717, 1.165) is 29.2 Å². The number of nitriles is 1. The minimum absolute atomic E-state index is 0.381. The number of thiophene rings is 1. The fourth-order valence-corrected chi connectivity index (χ4v) is 3.86. The number of amides is 2. The van der Waals surface area contributed by atoms with Crippen molar-refractivity contribution in [2.45, 2.75) is 51.7 Å². The molecule has 0 spiro atoms. The van der Waals surface area contributed by atoms with E-state index < -0.39 is 23.6 Å². The van der Waals surface area contributed by atoms with Gasteiger partial charge in [-0.3, -0.25) is 4.79 Å². The maximum absolute atomic E-state index is 11.6. The zero-order valence-corrected chi connectivity index (χ0v) is 19.1. The van der Waals surface area contributed by atoms with E-state index in [-0.39, 0.29) is 0 Å². The number of alkyl carbamates (subject to hydrolysis) is 1. The van der Waals surface area contributed by atoms with Gasteiger partial charge in [0.1, 0.15) is 17.7 Å². The van der Waals surface area contributed by atoms with Gasteiger partial charge < -0.3 is 20.7 Å². The summed E-state index contributed by atoms with van der Waals surface area (Å²) >= 11 is 1.51. The Labute approximate surface area is 187 Å². The molecule has 1 atom stereocenters. The Hall–Kier alpha value is -3.05. The monoisotopic (exact) mass is 442 g/mol. The van der Waals surface area contributed by atoms with E-state index in [2.05, 4.69) is 16.3 Å². The second-order valence-electron chi connectivity index (χ2n) is 8.21. The highest BCUT2D eigenvalue weighted by Gasteiger charge is 2.23. The fourth-order valence-electron chi connectivity index (χ4n) is 3.10. The molecule has 0 unspecified atom stereocenters. The molecule has 2 amide bonds. The first-order chi connectivity index (χ1) is 14.7. The molecule has 3 N–H and O–H groups in total. The van der Waals surface area contributed by atoms with Crippen LogP contribution in [0.1, 0.15) is 44.1 Å². The molecular weight excluding hydrogens is 412 g/mol. The fraction of sp³-hybridized carbons (Fsp3) is 0.435. The maximum Gasteiger partial charge on any atom is 0.408 e. The van der Waals surface area contributed by atoms with Crippen LogP contribution in [-0.2, 0) is 16.0 Å². The van der Waals surface area contributed by atoms with Gasteiger partial charge in [-0.25, -0.2) is 4.79 Å². The second-order valence-corrected chi connectivity index (χ2v) is 9.24. The molecule has 0 aliphatic carbocycles. The zero-order valence-electron chi connectivity index (χ0n) is 18.3. The Morgan fingerprint density at radius 1 is 1.23 bits per heavy atom. The number of benzene rings is 1. The molecule has 166 valence electrons. The van der Waals surface area contributed by atoms with E-state index in [1.165, 1.54) is 24.2 Å². The van der Waals surface area contributed by atoms with Gasteiger partial charge >= 0.3 is 6.09 Å². The normalized spacial score (nSPS) is 14.1. The van der Waals surface area contributed by atoms with Crippen LogP contribution in [0.2, 0.25) is 0 Å². The minimum Gasteiger partial charge on any atom is -0.444 e. The average molecular weight is 443 g/mol. The van der Waals surface area contributed by atoms with Gasteiger partial charge in [0.05, 0.1) is 11.3 Å². The lowest BCUT2D eigenvalue weighted by atomic mass is 10.1. The molecule has 1 saturated heterocycles. The van der Waals surface area contributed by atoms with Crippen molar-refractivity contribution < 1.29 is 14.3 Å². The van der Waals surface area contributed by atoms with Gasteiger partial charge in [0.2, 0.25) is 5.91 Å². The van der Waals surface area contributed by atoms with Crippen LogP contribution in [0.15, 0.2) is 41.8 Å². The number of nitrogens with one attached hydrogen (secondary N) is 1. The number of carbonyl (C=O) groups is 2. The van der Waals surface area contributed by atoms with Crippen molar-refractivity contribution in [3.8, 4) is 6.07 Å². The number of hydrogen-bond acceptors (Lipinski definition) is 6. The zero-order chi connectivity index (χ0) is 22.9. The number of para-hydroxylation sites is 1. The van der Waals surface area contributed by atoms with Crippen molar-refractivity contribution in [1.29, 1.82) is 5.26 Å². The molecule has 2 aromatic rings. The number of nitrogens with two attached hydrogens (primary N) is 1. The van der Waals surface area contributed by atoms with E-state index >= 15 is 0 Å². The molecule has 1 aliphatic heterocycles. The van der Waals surface area contributed by atoms with E-state index in [9.17, 15) is 9.59 Å². The smallest absolute Gasteiger partial charge is 0.408 e. The predicted octanol–water partition coefficient (Wildman–Crippen LogP) is 3.83. The first-order valence-electron chi connectivity index (χ1n) is 10.2. The number of ether oxygens (including phenoxy) is 1. The Morgan fingerprint density at radius 2 is 1.90 bits per heavy atom. The Bertz CT molecular complexity index is 894. The highest BCUT2D eigenvalue weighted by Crippen LogP contribution is 2.23. The first-order valence-corrected chi connectivity index (χ1v) is 11.1. The lowest BCUT2D eigenvalue weighted by Gasteiger charge is -2.22. The minimum atomic E-state index is -0.751. The molecule has 0 radical (unpaired) electrons. The van der Waals surface area contributed by atoms with E-state index in [0.29, 0.717) is 6.42 Å². The summed E-state index contributed by atoms with van der Waals surface area (Å²) in [6.45, 7) is 7.46. The molecule has 1 aromatic heterocycles. The van der Waals surface area contributed by atoms with Crippen molar-refractivity contribution in [2.24, 2.45) is 5.73 Å². The molecule has 7 nitrogen and oxygen atoms in total. The molecule has 31 heavy (non-hydrogen) atoms. The third kappa shape index (κ3) is 8.30. The molecule has 0 bridgehead atoms. The standard InChI is InChI=1S/C12H18N2O3S.C11H12N2/c1-12(2,3)17-11(16)14-9(10(13)15)7-8-5-4-6-18-8;12-9-10-5-1-2-6-11(10)13-7-3-4-8-13/h4-6,9H,7H2,1-3H3,(H2,13,15)(H,14,16);1-2,5-6H,3-4,7-8H2/t9-;/m0./s1. The van der Waals surface area contributed by atoms with Crippen LogP contribution >= 0.6 is 11.3 Å². The lowest BCUT2D eigenvalue weighted by molar-refractivity contribution is -0.120. The summed E-state index contributed by atoms with van der Waals surface area (Å²) < 4.78 is 5.08. The van der Waals surface area contributed by atoms with Gasteiger partial charge in [-0.05, 0) is 57.2 Å². The van der Waals surface area contributed by atoms with E-state index in [4.69, 9.17) is 15.7 Å². The summed E-state index contributed by atoms with van der Waals surface area (Å²) in [6, 6.07) is 13.1. The summed E-state index contributed by atoms with van der Waals surface area (Å²) in [5.41, 5.74) is 6.55. The summed E-state index contributed by atoms with van der Waals surface area (Å²) in [6.07, 6.45) is 2.24. The van der Waals surface area contributed by atoms with Gasteiger partial charge in [-0.1, -0.05) is 18.2 Å². The van der Waals surface area contributed by atoms with Gasteiger partial charge in [0.15, 0.2) is 0 Å². The maximum atomic E-state index is 11.6. The highest BCUT2D eigenvalue weighted by atomic mass is 32.1. The first kappa shape index (κ1) is 24.2. The van der Waals surface area contributed by atoms with Crippen LogP contribution in [0, 0.1) is 11.3 Å². The molecule has 3 rings (SSSR count). The third-order valence-corrected chi connectivity index (χ3v) is 5.39. The molecule has 1 aliphatic rings. The molecule has 1 aromatic carbocycles. The van der Waals surface area contributed by atoms with E-state index in [1.807, 2.05) is 41.8 Å². The van der Waals surface area contributed by atoms with Crippen LogP contribution in [0.4, 0.5) is 10.5 Å². The van der Waals surface area contributed by atoms with Crippen LogP contribution in [-0.4, -0.2) is 36.7 Å². The van der Waals surface area contributed by atoms with Crippen LogP contribution < -0.4 is 16.0 Å². The predicted molar refractivity (Wildman–Crippen MR) is 123 cm³/mol. The number of nitrogens with zero attached hydrogens (tertiary/aromatic N) is 2. The number of carbonyl (C=O) groups excluding carboxylic acids is 2. The van der Waals surface area contributed by atoms with Crippen molar-refractivity contribution in [2.75, 3.05) is 18.0 Å². The van der Waals surface area contributed by atoms with Crippen LogP contribution in [0.5, 0.6) is 0 Å². The Balaban J connectivity index is 0.000000231. The summed E-state index contributed by atoms with van der Waals surface area (Å²) in [4.78, 5) is 26.1. The molecule has 8 heteroatoms. The van der Waals surface area contributed by atoms with Gasteiger partial charge in [-0.2, -0.15) is 5.26 Å². The number of hydrogen-bond donors (Lipinski definition) is 2. The summed E-state index contributed by atoms with van der Waals surface area (Å²) in [5.74, 6) is -0.575. The highest BCUT2D eigenvalue weighted by molar-refractivity contribution is 7.09. The Morgan fingerprint density at radius 3 is 2.45 bits per heavy atom. The summed E-state index contributed by atoms with van der Waals surface area (Å²) in [5, 5.41) is 13.3. The average Bonchev–Trinajstić information content (AvgIpc) is 3.40. The van der Waals surface area contributed by atoms with Gasteiger partial charge in [0, 0.05) is 24.4 Å². The van der Waals surface area contributed by atoms with Crippen molar-refractivity contribution in [3.63, 3.8) is 0 Å². The topological polar surface area (TPSA) is 108 Å². The summed E-state index contributed by atoms with van der Waals surface area (Å²) in [7, 11) is 0. The lowest BCUT2D eigenvalue weighted by Crippen LogP contribution is -2.47. The number of anilines is 1. The van der Waals surface area contributed by atoms with Crippen LogP contribution in [0.25, 0.3) is 0 Å². The number of rotatable bonds is 5. The molecule has 1 fully saturated rings. The van der Waals surface area contributed by atoms with Crippen molar-refractivity contribution in [1.82, 2.24) is 5.32 Å². The largest absolute Gasteiger partial charge is 0.444 e. The molecule has 2 heterocycles. The van der Waals surface area contributed by atoms with Gasteiger partial charge in [-0.15, -0.1) is 11.3 Å². The van der Waals surface area contributed by atoms with Crippen LogP contribution in [0.3, 0.4) is 0 Å². The third-order valence-electron chi connectivity index (χ3n) is 4.49. The SMILES string of the molecule is CC(C)(C)OC(=O)N[C@@H](Cc1cccs1)C(N)=O.N#Cc1ccccc1N1CCCC1. The number of primary amides is 1. The second kappa shape index (κ2) is 11.4. The van der Waals surface area contributed by atoms with E-state index in [1.54, 1.807) is 20.8 Å². The molecule has 0 saturated carbocycles. The quantitative estimate of drug-likeness (QED) is 0.732. The van der Waals surface area contributed by atoms with Gasteiger partial charge in [0.25, 0.3) is 0 Å².